The van der Waals surface area contributed by atoms with E-state index in [9.17, 15) is 14.7 Å². The van der Waals surface area contributed by atoms with Gasteiger partial charge in [-0.3, -0.25) is 4.79 Å². The number of nitrogens with one attached hydrogen (secondary N) is 1. The van der Waals surface area contributed by atoms with E-state index in [2.05, 4.69) is 10.3 Å². The average Bonchev–Trinajstić information content (AvgIpc) is 2.53. The normalized spacial score (nSPS) is 13.3. The number of aliphatic hydroxyl groups excluding tert-OH is 1. The lowest BCUT2D eigenvalue weighted by Gasteiger charge is -2.19. The molecule has 7 heteroatoms. The molecule has 0 fully saturated rings. The summed E-state index contributed by atoms with van der Waals surface area (Å²) in [6, 6.07) is 2.53. The van der Waals surface area contributed by atoms with Gasteiger partial charge in [-0.15, -0.1) is 0 Å². The number of nitrogens with zero attached hydrogens (tertiary/aromatic N) is 1. The van der Waals surface area contributed by atoms with Crippen molar-refractivity contribution < 1.29 is 24.2 Å². The van der Waals surface area contributed by atoms with E-state index < -0.39 is 24.0 Å². The van der Waals surface area contributed by atoms with Gasteiger partial charge in [0.2, 0.25) is 11.8 Å². The van der Waals surface area contributed by atoms with Crippen molar-refractivity contribution in [2.24, 2.45) is 5.92 Å². The Morgan fingerprint density at radius 3 is 2.48 bits per heavy atom. The predicted octanol–water partition coefficient (Wildman–Crippen LogP) is 0.697. The predicted molar refractivity (Wildman–Crippen MR) is 83.9 cm³/mol. The molecule has 0 aliphatic carbocycles. The summed E-state index contributed by atoms with van der Waals surface area (Å²) in [4.78, 5) is 27.9. The first-order chi connectivity index (χ1) is 10.9. The molecule has 1 heterocycles. The highest BCUT2D eigenvalue weighted by molar-refractivity contribution is 5.86. The van der Waals surface area contributed by atoms with Crippen LogP contribution in [0.4, 0.5) is 0 Å². The number of hydrogen-bond acceptors (Lipinski definition) is 6. The van der Waals surface area contributed by atoms with Gasteiger partial charge in [-0.2, -0.15) is 0 Å². The van der Waals surface area contributed by atoms with Crippen molar-refractivity contribution in [2.75, 3.05) is 14.2 Å². The minimum Gasteiger partial charge on any atom is -0.481 e. The van der Waals surface area contributed by atoms with Crippen molar-refractivity contribution in [3.8, 4) is 5.88 Å². The monoisotopic (exact) mass is 324 g/mol. The summed E-state index contributed by atoms with van der Waals surface area (Å²) in [7, 11) is 2.76. The second kappa shape index (κ2) is 9.09. The van der Waals surface area contributed by atoms with Crippen LogP contribution in [0.15, 0.2) is 18.3 Å². The molecule has 1 aromatic heterocycles. The summed E-state index contributed by atoms with van der Waals surface area (Å²) in [5.74, 6) is -0.542. The molecule has 0 unspecified atom stereocenters. The van der Waals surface area contributed by atoms with Crippen LogP contribution >= 0.6 is 0 Å². The molecule has 0 aromatic carbocycles. The van der Waals surface area contributed by atoms with Crippen molar-refractivity contribution in [3.63, 3.8) is 0 Å². The number of esters is 1. The summed E-state index contributed by atoms with van der Waals surface area (Å²) in [6.45, 7) is 3.80. The Morgan fingerprint density at radius 2 is 2.00 bits per heavy atom. The van der Waals surface area contributed by atoms with Gasteiger partial charge < -0.3 is 19.9 Å². The van der Waals surface area contributed by atoms with Crippen LogP contribution in [-0.2, 0) is 20.7 Å². The first-order valence-corrected chi connectivity index (χ1v) is 7.42. The number of amides is 1. The zero-order chi connectivity index (χ0) is 17.4. The standard InChI is InChI=1S/C16H24N2O5/c1-10(2)7-13(19)15(20)18-12(16(21)23-4)8-11-5-6-14(22-3)17-9-11/h5-6,9-10,12-13,19H,7-8H2,1-4H3,(H,18,20)/t12-,13-/m0/s1. The van der Waals surface area contributed by atoms with Crippen molar-refractivity contribution in [3.05, 3.63) is 23.9 Å². The quantitative estimate of drug-likeness (QED) is 0.683. The molecular weight excluding hydrogens is 300 g/mol. The lowest BCUT2D eigenvalue weighted by molar-refractivity contribution is -0.146. The third kappa shape index (κ3) is 6.23. The van der Waals surface area contributed by atoms with Gasteiger partial charge in [-0.05, 0) is 17.9 Å². The van der Waals surface area contributed by atoms with Crippen LogP contribution in [-0.4, -0.2) is 48.3 Å². The van der Waals surface area contributed by atoms with E-state index in [4.69, 9.17) is 9.47 Å². The van der Waals surface area contributed by atoms with E-state index >= 15 is 0 Å². The summed E-state index contributed by atoms with van der Waals surface area (Å²) < 4.78 is 9.68. The molecule has 0 saturated heterocycles. The second-order valence-corrected chi connectivity index (χ2v) is 5.64. The largest absolute Gasteiger partial charge is 0.481 e. The number of carbonyl (C=O) groups excluding carboxylic acids is 2. The maximum absolute atomic E-state index is 12.0. The molecule has 1 rings (SSSR count). The maximum atomic E-state index is 12.0. The third-order valence-corrected chi connectivity index (χ3v) is 3.25. The van der Waals surface area contributed by atoms with Gasteiger partial charge in [-0.1, -0.05) is 19.9 Å². The lowest BCUT2D eigenvalue weighted by atomic mass is 10.0. The zero-order valence-electron chi connectivity index (χ0n) is 13.9. The number of ether oxygens (including phenoxy) is 2. The molecule has 2 N–H and O–H groups in total. The first kappa shape index (κ1) is 18.9. The minimum absolute atomic E-state index is 0.165. The average molecular weight is 324 g/mol. The van der Waals surface area contributed by atoms with Crippen molar-refractivity contribution in [2.45, 2.75) is 38.8 Å². The Labute approximate surface area is 136 Å². The van der Waals surface area contributed by atoms with Crippen LogP contribution in [0, 0.1) is 5.92 Å². The van der Waals surface area contributed by atoms with Gasteiger partial charge in [0.1, 0.15) is 12.1 Å². The summed E-state index contributed by atoms with van der Waals surface area (Å²) in [5, 5.41) is 12.4. The fraction of sp³-hybridized carbons (Fsp3) is 0.562. The fourth-order valence-corrected chi connectivity index (χ4v) is 2.05. The Bertz CT molecular complexity index is 516. The summed E-state index contributed by atoms with van der Waals surface area (Å²) >= 11 is 0. The lowest BCUT2D eigenvalue weighted by Crippen LogP contribution is -2.47. The van der Waals surface area contributed by atoms with Crippen LogP contribution in [0.1, 0.15) is 25.8 Å². The van der Waals surface area contributed by atoms with Crippen LogP contribution < -0.4 is 10.1 Å². The molecule has 0 radical (unpaired) electrons. The number of hydrogen-bond donors (Lipinski definition) is 2. The molecule has 1 amide bonds. The molecule has 0 aliphatic rings. The second-order valence-electron chi connectivity index (χ2n) is 5.64. The van der Waals surface area contributed by atoms with Crippen LogP contribution in [0.5, 0.6) is 5.88 Å². The zero-order valence-corrected chi connectivity index (χ0v) is 13.9. The van der Waals surface area contributed by atoms with Crippen molar-refractivity contribution in [1.82, 2.24) is 10.3 Å². The van der Waals surface area contributed by atoms with Crippen LogP contribution in [0.25, 0.3) is 0 Å². The number of rotatable bonds is 8. The van der Waals surface area contributed by atoms with Gasteiger partial charge >= 0.3 is 5.97 Å². The molecular formula is C16H24N2O5. The van der Waals surface area contributed by atoms with Crippen molar-refractivity contribution in [1.29, 1.82) is 0 Å². The molecule has 7 nitrogen and oxygen atoms in total. The summed E-state index contributed by atoms with van der Waals surface area (Å²) in [5.41, 5.74) is 0.736. The smallest absolute Gasteiger partial charge is 0.328 e. The van der Waals surface area contributed by atoms with Crippen LogP contribution in [0.2, 0.25) is 0 Å². The summed E-state index contributed by atoms with van der Waals surface area (Å²) in [6.07, 6.45) is 0.940. The number of aliphatic hydroxyl groups is 1. The van der Waals surface area contributed by atoms with E-state index in [1.807, 2.05) is 13.8 Å². The highest BCUT2D eigenvalue weighted by Crippen LogP contribution is 2.10. The van der Waals surface area contributed by atoms with E-state index in [1.54, 1.807) is 18.3 Å². The maximum Gasteiger partial charge on any atom is 0.328 e. The fourth-order valence-electron chi connectivity index (χ4n) is 2.05. The molecule has 2 atom stereocenters. The Balaban J connectivity index is 2.75. The molecule has 128 valence electrons. The van der Waals surface area contributed by atoms with E-state index in [0.29, 0.717) is 12.3 Å². The van der Waals surface area contributed by atoms with E-state index in [-0.39, 0.29) is 12.3 Å². The highest BCUT2D eigenvalue weighted by atomic mass is 16.5. The molecule has 1 aromatic rings. The SMILES string of the molecule is COC(=O)[C@H](Cc1ccc(OC)nc1)NC(=O)[C@@H](O)CC(C)C. The Hall–Kier alpha value is -2.15. The third-order valence-electron chi connectivity index (χ3n) is 3.25. The number of pyridine rings is 1. The molecule has 0 bridgehead atoms. The van der Waals surface area contributed by atoms with E-state index in [1.165, 1.54) is 14.2 Å². The van der Waals surface area contributed by atoms with Gasteiger partial charge in [0.15, 0.2) is 0 Å². The molecule has 0 aliphatic heterocycles. The number of carbonyl (C=O) groups is 2. The minimum atomic E-state index is -1.16. The van der Waals surface area contributed by atoms with Gasteiger partial charge in [-0.25, -0.2) is 9.78 Å². The topological polar surface area (TPSA) is 97.8 Å². The van der Waals surface area contributed by atoms with Crippen molar-refractivity contribution >= 4 is 11.9 Å². The Kier molecular flexibility index (Phi) is 7.47. The Morgan fingerprint density at radius 1 is 1.30 bits per heavy atom. The molecule has 0 spiro atoms. The number of aromatic nitrogens is 1. The van der Waals surface area contributed by atoms with Gasteiger partial charge in [0.25, 0.3) is 0 Å². The highest BCUT2D eigenvalue weighted by Gasteiger charge is 2.25. The first-order valence-electron chi connectivity index (χ1n) is 7.42. The van der Waals surface area contributed by atoms with Crippen LogP contribution in [0.3, 0.4) is 0 Å². The van der Waals surface area contributed by atoms with E-state index in [0.717, 1.165) is 5.56 Å². The molecule has 23 heavy (non-hydrogen) atoms. The number of methoxy groups -OCH3 is 2. The van der Waals surface area contributed by atoms with Gasteiger partial charge in [0.05, 0.1) is 14.2 Å². The van der Waals surface area contributed by atoms with Gasteiger partial charge in [0, 0.05) is 18.7 Å². The molecule has 0 saturated carbocycles.